The number of benzene rings is 6. The first-order valence-corrected chi connectivity index (χ1v) is 20.0. The molecule has 0 spiro atoms. The molecular formula is C44H40BNSSi. The fourth-order valence-electron chi connectivity index (χ4n) is 8.54. The summed E-state index contributed by atoms with van der Waals surface area (Å²) in [5, 5.41) is 5.80. The van der Waals surface area contributed by atoms with Crippen LogP contribution in [-0.2, 0) is 10.8 Å². The van der Waals surface area contributed by atoms with Crippen molar-refractivity contribution in [2.75, 3.05) is 4.90 Å². The topological polar surface area (TPSA) is 3.24 Å². The summed E-state index contributed by atoms with van der Waals surface area (Å²) < 4.78 is 0. The lowest BCUT2D eigenvalue weighted by molar-refractivity contribution is 0.589. The van der Waals surface area contributed by atoms with Gasteiger partial charge in [0.05, 0.1) is 0 Å². The monoisotopic (exact) mass is 653 g/mol. The third-order valence-corrected chi connectivity index (χ3v) is 16.9. The molecule has 3 aliphatic rings. The molecule has 4 heteroatoms. The van der Waals surface area contributed by atoms with Crippen LogP contribution in [-0.4, -0.2) is 14.8 Å². The van der Waals surface area contributed by atoms with Crippen LogP contribution < -0.4 is 42.0 Å². The van der Waals surface area contributed by atoms with Crippen LogP contribution in [0.2, 0.25) is 0 Å². The van der Waals surface area contributed by atoms with Crippen LogP contribution in [0.4, 0.5) is 17.1 Å². The second-order valence-electron chi connectivity index (χ2n) is 15.8. The fourth-order valence-corrected chi connectivity index (χ4v) is 14.9. The van der Waals surface area contributed by atoms with Gasteiger partial charge in [0.1, 0.15) is 0 Å². The zero-order valence-corrected chi connectivity index (χ0v) is 30.5. The number of nitrogens with zero attached hydrogens (tertiary/aromatic N) is 1. The third-order valence-electron chi connectivity index (χ3n) is 10.9. The average Bonchev–Trinajstić information content (AvgIpc) is 3.09. The summed E-state index contributed by atoms with van der Waals surface area (Å²) in [6, 6.07) is 51.7. The van der Waals surface area contributed by atoms with Gasteiger partial charge < -0.3 is 4.90 Å². The van der Waals surface area contributed by atoms with Crippen LogP contribution in [0.15, 0.2) is 143 Å². The van der Waals surface area contributed by atoms with Crippen molar-refractivity contribution < 1.29 is 0 Å². The Morgan fingerprint density at radius 3 is 1.79 bits per heavy atom. The van der Waals surface area contributed by atoms with Gasteiger partial charge in [0, 0.05) is 26.9 Å². The molecule has 0 N–H and O–H groups in total. The van der Waals surface area contributed by atoms with E-state index in [0.29, 0.717) is 0 Å². The molecule has 234 valence electrons. The highest BCUT2D eigenvalue weighted by molar-refractivity contribution is 8.00. The lowest BCUT2D eigenvalue weighted by Crippen LogP contribution is -2.78. The Morgan fingerprint density at radius 2 is 1.12 bits per heavy atom. The number of rotatable bonds is 2. The van der Waals surface area contributed by atoms with E-state index in [2.05, 4.69) is 180 Å². The van der Waals surface area contributed by atoms with E-state index in [4.69, 9.17) is 0 Å². The Hall–Kier alpha value is -4.25. The van der Waals surface area contributed by atoms with Crippen molar-refractivity contribution in [2.24, 2.45) is 0 Å². The van der Waals surface area contributed by atoms with E-state index in [9.17, 15) is 0 Å². The SMILES string of the molecule is CC(C)(C)c1ccc2c(c1)Sc1cc(C(C)(C)C)cc3c1B2c1cccc2c1N3c1ccccc1[Si]2(c1ccccc1)c1ccccc1. The first-order valence-electron chi connectivity index (χ1n) is 17.2. The summed E-state index contributed by atoms with van der Waals surface area (Å²) in [7, 11) is -2.71. The Morgan fingerprint density at radius 1 is 0.521 bits per heavy atom. The number of hydrogen-bond acceptors (Lipinski definition) is 2. The molecular weight excluding hydrogens is 613 g/mol. The maximum atomic E-state index is 2.66. The molecule has 0 unspecified atom stereocenters. The second kappa shape index (κ2) is 10.4. The molecule has 0 amide bonds. The molecule has 6 aromatic carbocycles. The van der Waals surface area contributed by atoms with Gasteiger partial charge in [-0.3, -0.25) is 0 Å². The van der Waals surface area contributed by atoms with Gasteiger partial charge in [0.15, 0.2) is 8.07 Å². The molecule has 0 atom stereocenters. The van der Waals surface area contributed by atoms with Gasteiger partial charge >= 0.3 is 0 Å². The van der Waals surface area contributed by atoms with Gasteiger partial charge in [0.2, 0.25) is 6.71 Å². The third kappa shape index (κ3) is 4.12. The Labute approximate surface area is 291 Å². The van der Waals surface area contributed by atoms with Gasteiger partial charge in [-0.05, 0) is 77.9 Å². The molecule has 3 heterocycles. The largest absolute Gasteiger partial charge is 0.312 e. The molecule has 1 nitrogen and oxygen atoms in total. The van der Waals surface area contributed by atoms with Gasteiger partial charge in [0.25, 0.3) is 0 Å². The van der Waals surface area contributed by atoms with Crippen LogP contribution in [0, 0.1) is 0 Å². The van der Waals surface area contributed by atoms with E-state index < -0.39 is 8.07 Å². The maximum Gasteiger partial charge on any atom is 0.249 e. The van der Waals surface area contributed by atoms with Crippen molar-refractivity contribution in [3.63, 3.8) is 0 Å². The van der Waals surface area contributed by atoms with Crippen LogP contribution in [0.1, 0.15) is 52.7 Å². The van der Waals surface area contributed by atoms with Gasteiger partial charge in [-0.1, -0.05) is 168 Å². The van der Waals surface area contributed by atoms with E-state index in [1.165, 1.54) is 75.1 Å². The molecule has 0 fully saturated rings. The second-order valence-corrected chi connectivity index (χ2v) is 20.6. The zero-order chi connectivity index (χ0) is 33.0. The molecule has 9 rings (SSSR count). The number of para-hydroxylation sites is 2. The zero-order valence-electron chi connectivity index (χ0n) is 28.6. The normalized spacial score (nSPS) is 15.3. The summed E-state index contributed by atoms with van der Waals surface area (Å²) in [6.45, 7) is 14.2. The van der Waals surface area contributed by atoms with Crippen molar-refractivity contribution >= 4 is 80.7 Å². The summed E-state index contributed by atoms with van der Waals surface area (Å²) >= 11 is 1.98. The van der Waals surface area contributed by atoms with E-state index in [1.807, 2.05) is 11.8 Å². The van der Waals surface area contributed by atoms with E-state index >= 15 is 0 Å². The number of fused-ring (bicyclic) bond motifs is 6. The molecule has 0 saturated carbocycles. The van der Waals surface area contributed by atoms with Crippen LogP contribution >= 0.6 is 11.8 Å². The molecule has 0 saturated heterocycles. The molecule has 0 radical (unpaired) electrons. The summed E-state index contributed by atoms with van der Waals surface area (Å²) in [4.78, 5) is 5.46. The van der Waals surface area contributed by atoms with Crippen LogP contribution in [0.25, 0.3) is 0 Å². The molecule has 0 aliphatic carbocycles. The fraction of sp³-hybridized carbons (Fsp3) is 0.182. The molecule has 0 bridgehead atoms. The Kier molecular flexibility index (Phi) is 6.45. The highest BCUT2D eigenvalue weighted by Crippen LogP contribution is 2.45. The summed E-state index contributed by atoms with van der Waals surface area (Å²) in [5.74, 6) is 0. The highest BCUT2D eigenvalue weighted by atomic mass is 32.2. The van der Waals surface area contributed by atoms with E-state index in [0.717, 1.165) is 0 Å². The number of anilines is 3. The van der Waals surface area contributed by atoms with Crippen LogP contribution in [0.3, 0.4) is 0 Å². The minimum Gasteiger partial charge on any atom is -0.312 e. The smallest absolute Gasteiger partial charge is 0.249 e. The standard InChI is InChI=1S/C44H40BNSSi/c1-43(2,3)29-24-25-33-37(27-29)47-38-28-30(44(4,5)6)26-36-41(38)45(33)34-20-15-23-40-42(34)46(36)35-21-13-14-22-39(35)48(40,31-16-9-7-10-17-31)32-18-11-8-12-19-32/h7-28H,1-6H3. The van der Waals surface area contributed by atoms with Crippen molar-refractivity contribution in [3.8, 4) is 0 Å². The molecule has 3 aliphatic heterocycles. The molecule has 48 heavy (non-hydrogen) atoms. The van der Waals surface area contributed by atoms with Gasteiger partial charge in [-0.15, -0.1) is 0 Å². The Bertz CT molecular complexity index is 2210. The van der Waals surface area contributed by atoms with Crippen molar-refractivity contribution in [2.45, 2.75) is 62.2 Å². The maximum absolute atomic E-state index is 2.71. The quantitative estimate of drug-likeness (QED) is 0.190. The van der Waals surface area contributed by atoms with Crippen molar-refractivity contribution in [1.29, 1.82) is 0 Å². The van der Waals surface area contributed by atoms with Crippen molar-refractivity contribution in [3.05, 3.63) is 145 Å². The first kappa shape index (κ1) is 29.9. The highest BCUT2D eigenvalue weighted by Gasteiger charge is 2.53. The Balaban J connectivity index is 1.44. The predicted octanol–water partition coefficient (Wildman–Crippen LogP) is 6.74. The van der Waals surface area contributed by atoms with Gasteiger partial charge in [-0.2, -0.15) is 0 Å². The van der Waals surface area contributed by atoms with E-state index in [1.54, 1.807) is 0 Å². The number of hydrogen-bond donors (Lipinski definition) is 0. The van der Waals surface area contributed by atoms with E-state index in [-0.39, 0.29) is 17.5 Å². The van der Waals surface area contributed by atoms with Crippen LogP contribution in [0.5, 0.6) is 0 Å². The molecule has 0 aromatic heterocycles. The summed E-state index contributed by atoms with van der Waals surface area (Å²) in [6.07, 6.45) is 0. The lowest BCUT2D eigenvalue weighted by atomic mass is 9.34. The van der Waals surface area contributed by atoms with Crippen molar-refractivity contribution in [1.82, 2.24) is 0 Å². The summed E-state index contributed by atoms with van der Waals surface area (Å²) in [5.41, 5.74) is 11.2. The minimum atomic E-state index is -2.71. The minimum absolute atomic E-state index is 0.0107. The predicted molar refractivity (Wildman–Crippen MR) is 211 cm³/mol. The molecule has 6 aromatic rings. The van der Waals surface area contributed by atoms with Gasteiger partial charge in [-0.25, -0.2) is 0 Å². The lowest BCUT2D eigenvalue weighted by Gasteiger charge is -2.50. The first-order chi connectivity index (χ1) is 23.1. The average molecular weight is 654 g/mol.